The molecule has 1 unspecified atom stereocenters. The van der Waals surface area contributed by atoms with E-state index in [1.807, 2.05) is 7.05 Å². The van der Waals surface area contributed by atoms with Crippen molar-refractivity contribution in [2.45, 2.75) is 40.2 Å². The quantitative estimate of drug-likeness (QED) is 0.204. The molecule has 0 radical (unpaired) electrons. The second-order valence-electron chi connectivity index (χ2n) is 7.38. The van der Waals surface area contributed by atoms with Crippen LogP contribution in [0.4, 0.5) is 0 Å². The van der Waals surface area contributed by atoms with Crippen LogP contribution in [0.2, 0.25) is 0 Å². The van der Waals surface area contributed by atoms with Gasteiger partial charge in [0.2, 0.25) is 0 Å². The lowest BCUT2D eigenvalue weighted by molar-refractivity contribution is 0.166. The Morgan fingerprint density at radius 2 is 2.07 bits per heavy atom. The van der Waals surface area contributed by atoms with Crippen molar-refractivity contribution in [3.8, 4) is 5.75 Å². The van der Waals surface area contributed by atoms with E-state index in [4.69, 9.17) is 9.47 Å². The number of aryl methyl sites for hydroxylation is 1. The molecule has 1 heterocycles. The van der Waals surface area contributed by atoms with Crippen molar-refractivity contribution in [2.24, 2.45) is 10.9 Å². The van der Waals surface area contributed by atoms with Crippen molar-refractivity contribution in [3.63, 3.8) is 0 Å². The predicted octanol–water partition coefficient (Wildman–Crippen LogP) is 3.43. The minimum Gasteiger partial charge on any atom is -0.493 e. The monoisotopic (exact) mass is 518 g/mol. The van der Waals surface area contributed by atoms with Crippen LogP contribution in [-0.2, 0) is 11.3 Å². The van der Waals surface area contributed by atoms with Gasteiger partial charge in [-0.25, -0.2) is 0 Å². The van der Waals surface area contributed by atoms with Crippen LogP contribution >= 0.6 is 24.0 Å². The van der Waals surface area contributed by atoms with Gasteiger partial charge in [-0.2, -0.15) is 0 Å². The molecule has 0 aliphatic carbocycles. The molecule has 0 spiro atoms. The molecule has 2 N–H and O–H groups in total. The molecule has 0 saturated carbocycles. The number of hydrogen-bond donors (Lipinski definition) is 2. The van der Waals surface area contributed by atoms with E-state index < -0.39 is 0 Å². The summed E-state index contributed by atoms with van der Waals surface area (Å²) in [5, 5.41) is 6.82. The standard InChI is InChI=1S/C22H38N4O2.HI/c1-5-26(6-2)12-7-11-24-22(23-4)25-15-20-9-8-18(3)14-21(20)28-17-19-10-13-27-16-19;/h8-9,14,19H,5-7,10-13,15-17H2,1-4H3,(H2,23,24,25);1H. The lowest BCUT2D eigenvalue weighted by Gasteiger charge is -2.19. The number of benzene rings is 1. The lowest BCUT2D eigenvalue weighted by Crippen LogP contribution is -2.38. The van der Waals surface area contributed by atoms with Gasteiger partial charge < -0.3 is 25.0 Å². The van der Waals surface area contributed by atoms with Crippen LogP contribution in [-0.4, -0.2) is 63.9 Å². The molecule has 7 heteroatoms. The highest BCUT2D eigenvalue weighted by molar-refractivity contribution is 14.0. The summed E-state index contributed by atoms with van der Waals surface area (Å²) < 4.78 is 11.6. The number of guanidine groups is 1. The van der Waals surface area contributed by atoms with E-state index in [1.165, 1.54) is 5.56 Å². The van der Waals surface area contributed by atoms with E-state index >= 15 is 0 Å². The average Bonchev–Trinajstić information content (AvgIpc) is 3.23. The van der Waals surface area contributed by atoms with Gasteiger partial charge in [-0.3, -0.25) is 4.99 Å². The lowest BCUT2D eigenvalue weighted by atomic mass is 10.1. The van der Waals surface area contributed by atoms with E-state index in [9.17, 15) is 0 Å². The van der Waals surface area contributed by atoms with Crippen LogP contribution in [0, 0.1) is 12.8 Å². The third-order valence-electron chi connectivity index (χ3n) is 5.23. The number of nitrogens with one attached hydrogen (secondary N) is 2. The minimum atomic E-state index is 0. The topological polar surface area (TPSA) is 58.1 Å². The molecular formula is C22H39IN4O2. The first-order chi connectivity index (χ1) is 13.7. The number of ether oxygens (including phenoxy) is 2. The Bertz CT molecular complexity index is 602. The highest BCUT2D eigenvalue weighted by Crippen LogP contribution is 2.22. The molecule has 0 amide bonds. The van der Waals surface area contributed by atoms with Crippen LogP contribution in [0.15, 0.2) is 23.2 Å². The molecule has 2 rings (SSSR count). The van der Waals surface area contributed by atoms with E-state index in [0.717, 1.165) is 76.1 Å². The van der Waals surface area contributed by atoms with Crippen LogP contribution in [0.5, 0.6) is 5.75 Å². The maximum Gasteiger partial charge on any atom is 0.191 e. The highest BCUT2D eigenvalue weighted by atomic mass is 127. The fourth-order valence-electron chi connectivity index (χ4n) is 3.31. The Hall–Kier alpha value is -1.06. The predicted molar refractivity (Wildman–Crippen MR) is 132 cm³/mol. The summed E-state index contributed by atoms with van der Waals surface area (Å²) in [6, 6.07) is 6.38. The molecule has 29 heavy (non-hydrogen) atoms. The molecule has 1 saturated heterocycles. The highest BCUT2D eigenvalue weighted by Gasteiger charge is 2.17. The van der Waals surface area contributed by atoms with E-state index in [0.29, 0.717) is 12.5 Å². The average molecular weight is 518 g/mol. The van der Waals surface area contributed by atoms with Gasteiger partial charge >= 0.3 is 0 Å². The normalized spacial score (nSPS) is 16.6. The number of hydrogen-bond acceptors (Lipinski definition) is 4. The van der Waals surface area contributed by atoms with Crippen LogP contribution < -0.4 is 15.4 Å². The molecule has 1 atom stereocenters. The Kier molecular flexibility index (Phi) is 13.3. The van der Waals surface area contributed by atoms with Crippen LogP contribution in [0.3, 0.4) is 0 Å². The Morgan fingerprint density at radius 1 is 1.28 bits per heavy atom. The van der Waals surface area contributed by atoms with E-state index in [-0.39, 0.29) is 24.0 Å². The van der Waals surface area contributed by atoms with Crippen molar-refractivity contribution < 1.29 is 9.47 Å². The maximum atomic E-state index is 6.13. The van der Waals surface area contributed by atoms with Gasteiger partial charge in [0, 0.05) is 38.2 Å². The summed E-state index contributed by atoms with van der Waals surface area (Å²) >= 11 is 0. The fraction of sp³-hybridized carbons (Fsp3) is 0.682. The summed E-state index contributed by atoms with van der Waals surface area (Å²) in [7, 11) is 1.81. The molecule has 1 fully saturated rings. The van der Waals surface area contributed by atoms with E-state index in [2.05, 4.69) is 59.5 Å². The van der Waals surface area contributed by atoms with Gasteiger partial charge in [0.05, 0.1) is 13.2 Å². The van der Waals surface area contributed by atoms with Gasteiger partial charge in [0.1, 0.15) is 5.75 Å². The van der Waals surface area contributed by atoms with Gasteiger partial charge in [-0.1, -0.05) is 26.0 Å². The number of rotatable bonds is 11. The summed E-state index contributed by atoms with van der Waals surface area (Å²) in [6.07, 6.45) is 2.19. The zero-order chi connectivity index (χ0) is 20.2. The molecule has 1 aromatic rings. The first kappa shape index (κ1) is 26.0. The van der Waals surface area contributed by atoms with Crippen LogP contribution in [0.1, 0.15) is 37.8 Å². The molecule has 1 aliphatic heterocycles. The molecule has 1 aliphatic rings. The minimum absolute atomic E-state index is 0. The molecule has 0 bridgehead atoms. The van der Waals surface area contributed by atoms with Gasteiger partial charge in [-0.15, -0.1) is 24.0 Å². The zero-order valence-electron chi connectivity index (χ0n) is 18.5. The summed E-state index contributed by atoms with van der Waals surface area (Å²) in [4.78, 5) is 6.77. The largest absolute Gasteiger partial charge is 0.493 e. The third kappa shape index (κ3) is 9.53. The molecule has 6 nitrogen and oxygen atoms in total. The Labute approximate surface area is 193 Å². The zero-order valence-corrected chi connectivity index (χ0v) is 20.8. The smallest absolute Gasteiger partial charge is 0.191 e. The number of nitrogens with zero attached hydrogens (tertiary/aromatic N) is 2. The van der Waals surface area contributed by atoms with Gasteiger partial charge in [0.15, 0.2) is 5.96 Å². The van der Waals surface area contributed by atoms with E-state index in [1.54, 1.807) is 0 Å². The van der Waals surface area contributed by atoms with Crippen molar-refractivity contribution >= 4 is 29.9 Å². The summed E-state index contributed by atoms with van der Waals surface area (Å²) in [5.74, 6) is 2.29. The second kappa shape index (κ2) is 14.8. The SMILES string of the molecule is CCN(CC)CCCNC(=NC)NCc1ccc(C)cc1OCC1CCOC1.I. The van der Waals surface area contributed by atoms with Crippen molar-refractivity contribution in [3.05, 3.63) is 29.3 Å². The molecule has 0 aromatic heterocycles. The molecular weight excluding hydrogens is 479 g/mol. The van der Waals surface area contributed by atoms with Crippen LogP contribution in [0.25, 0.3) is 0 Å². The molecule has 1 aromatic carbocycles. The Balaban J connectivity index is 0.00000420. The Morgan fingerprint density at radius 3 is 2.72 bits per heavy atom. The fourth-order valence-corrected chi connectivity index (χ4v) is 3.31. The van der Waals surface area contributed by atoms with Crippen molar-refractivity contribution in [1.29, 1.82) is 0 Å². The number of halogens is 1. The van der Waals surface area contributed by atoms with Crippen molar-refractivity contribution in [2.75, 3.05) is 53.0 Å². The summed E-state index contributed by atoms with van der Waals surface area (Å²) in [5.41, 5.74) is 2.36. The summed E-state index contributed by atoms with van der Waals surface area (Å²) in [6.45, 7) is 13.8. The van der Waals surface area contributed by atoms with Gasteiger partial charge in [0.25, 0.3) is 0 Å². The first-order valence-electron chi connectivity index (χ1n) is 10.6. The second-order valence-corrected chi connectivity index (χ2v) is 7.38. The molecule has 166 valence electrons. The van der Waals surface area contributed by atoms with Crippen molar-refractivity contribution in [1.82, 2.24) is 15.5 Å². The van der Waals surface area contributed by atoms with Gasteiger partial charge in [-0.05, 0) is 51.0 Å². The first-order valence-corrected chi connectivity index (χ1v) is 10.6. The number of aliphatic imine (C=N–C) groups is 1. The third-order valence-corrected chi connectivity index (χ3v) is 5.23. The maximum absolute atomic E-state index is 6.13.